The summed E-state index contributed by atoms with van der Waals surface area (Å²) in [7, 11) is 0. The highest BCUT2D eigenvalue weighted by Gasteiger charge is 2.64. The quantitative estimate of drug-likeness (QED) is 0.878. The van der Waals surface area contributed by atoms with E-state index in [2.05, 4.69) is 25.4 Å². The Bertz CT molecular complexity index is 618. The molecule has 0 spiro atoms. The van der Waals surface area contributed by atoms with E-state index in [1.54, 1.807) is 12.3 Å². The smallest absolute Gasteiger partial charge is 0.368 e. The summed E-state index contributed by atoms with van der Waals surface area (Å²) in [6.45, 7) is 0. The van der Waals surface area contributed by atoms with E-state index in [0.29, 0.717) is 0 Å². The molecule has 0 amide bonds. The molecular weight excluding hydrogens is 275 g/mol. The number of nitrogens with zero attached hydrogens (tertiary/aromatic N) is 5. The molecular formula is C10H10F3N7. The molecule has 2 aromatic rings. The van der Waals surface area contributed by atoms with Gasteiger partial charge < -0.3 is 11.1 Å². The first-order valence-electron chi connectivity index (χ1n) is 5.76. The maximum absolute atomic E-state index is 12.9. The third-order valence-corrected chi connectivity index (χ3v) is 2.99. The lowest BCUT2D eigenvalue weighted by Gasteiger charge is -2.20. The summed E-state index contributed by atoms with van der Waals surface area (Å²) >= 11 is 0. The number of nitrogens with two attached hydrogens (primary N) is 1. The summed E-state index contributed by atoms with van der Waals surface area (Å²) in [5.41, 5.74) is 3.53. The normalized spacial score (nSPS) is 16.9. The zero-order valence-corrected chi connectivity index (χ0v) is 10.1. The minimum Gasteiger partial charge on any atom is -0.368 e. The molecule has 3 rings (SSSR count). The topological polar surface area (TPSA) is 94.5 Å². The van der Waals surface area contributed by atoms with E-state index in [9.17, 15) is 13.2 Å². The number of aromatic nitrogens is 5. The molecule has 0 unspecified atom stereocenters. The zero-order chi connectivity index (χ0) is 14.4. The fourth-order valence-corrected chi connectivity index (χ4v) is 1.74. The Balaban J connectivity index is 1.92. The van der Waals surface area contributed by atoms with Crippen LogP contribution in [0, 0.1) is 0 Å². The minimum atomic E-state index is -4.36. The van der Waals surface area contributed by atoms with Gasteiger partial charge in [-0.15, -0.1) is 0 Å². The summed E-state index contributed by atoms with van der Waals surface area (Å²) in [4.78, 5) is 11.4. The second-order valence-electron chi connectivity index (χ2n) is 4.47. The molecule has 3 N–H and O–H groups in total. The van der Waals surface area contributed by atoms with Crippen molar-refractivity contribution < 1.29 is 13.2 Å². The van der Waals surface area contributed by atoms with Crippen LogP contribution in [0.1, 0.15) is 12.8 Å². The lowest BCUT2D eigenvalue weighted by atomic mass is 10.3. The Labute approximate surface area is 111 Å². The summed E-state index contributed by atoms with van der Waals surface area (Å²) in [6.07, 6.45) is -1.35. The van der Waals surface area contributed by atoms with Gasteiger partial charge in [0.15, 0.2) is 0 Å². The van der Waals surface area contributed by atoms with Crippen LogP contribution in [0.4, 0.5) is 25.1 Å². The molecule has 10 heteroatoms. The summed E-state index contributed by atoms with van der Waals surface area (Å²) < 4.78 is 39.9. The second-order valence-corrected chi connectivity index (χ2v) is 4.47. The van der Waals surface area contributed by atoms with E-state index in [1.165, 1.54) is 10.9 Å². The fraction of sp³-hybridized carbons (Fsp3) is 0.400. The molecule has 1 saturated carbocycles. The first-order valence-corrected chi connectivity index (χ1v) is 5.76. The van der Waals surface area contributed by atoms with Crippen molar-refractivity contribution >= 4 is 11.9 Å². The van der Waals surface area contributed by atoms with Crippen molar-refractivity contribution in [3.8, 4) is 5.95 Å². The van der Waals surface area contributed by atoms with E-state index in [-0.39, 0.29) is 30.7 Å². The summed E-state index contributed by atoms with van der Waals surface area (Å²) in [5, 5.41) is 6.19. The van der Waals surface area contributed by atoms with Crippen LogP contribution in [0.2, 0.25) is 0 Å². The van der Waals surface area contributed by atoms with Gasteiger partial charge in [0.05, 0.1) is 0 Å². The maximum atomic E-state index is 12.9. The third kappa shape index (κ3) is 2.12. The van der Waals surface area contributed by atoms with Crippen molar-refractivity contribution in [3.05, 3.63) is 18.5 Å². The van der Waals surface area contributed by atoms with Crippen LogP contribution >= 0.6 is 0 Å². The van der Waals surface area contributed by atoms with Crippen LogP contribution < -0.4 is 11.1 Å². The first kappa shape index (κ1) is 12.6. The average Bonchev–Trinajstić information content (AvgIpc) is 2.94. The highest BCUT2D eigenvalue weighted by molar-refractivity contribution is 5.40. The molecule has 0 bridgehead atoms. The van der Waals surface area contributed by atoms with Crippen molar-refractivity contribution in [3.63, 3.8) is 0 Å². The van der Waals surface area contributed by atoms with Gasteiger partial charge in [-0.25, -0.2) is 4.68 Å². The van der Waals surface area contributed by atoms with Crippen molar-refractivity contribution in [1.82, 2.24) is 24.7 Å². The number of anilines is 2. The van der Waals surface area contributed by atoms with E-state index < -0.39 is 11.7 Å². The minimum absolute atomic E-state index is 0.0147. The third-order valence-electron chi connectivity index (χ3n) is 2.99. The largest absolute Gasteiger partial charge is 0.411 e. The predicted octanol–water partition coefficient (Wildman–Crippen LogP) is 1.15. The predicted molar refractivity (Wildman–Crippen MR) is 63.0 cm³/mol. The lowest BCUT2D eigenvalue weighted by Crippen LogP contribution is -2.39. The number of hydrogen-bond acceptors (Lipinski definition) is 6. The van der Waals surface area contributed by atoms with Gasteiger partial charge in [0, 0.05) is 12.4 Å². The van der Waals surface area contributed by atoms with Crippen LogP contribution in [0.3, 0.4) is 0 Å². The molecule has 1 fully saturated rings. The second kappa shape index (κ2) is 4.05. The van der Waals surface area contributed by atoms with Gasteiger partial charge in [-0.3, -0.25) is 0 Å². The number of alkyl halides is 3. The van der Waals surface area contributed by atoms with E-state index in [0.717, 1.165) is 0 Å². The molecule has 0 atom stereocenters. The van der Waals surface area contributed by atoms with Gasteiger partial charge in [0.25, 0.3) is 5.95 Å². The molecule has 1 aliphatic carbocycles. The Kier molecular flexibility index (Phi) is 2.56. The van der Waals surface area contributed by atoms with Crippen molar-refractivity contribution in [1.29, 1.82) is 0 Å². The van der Waals surface area contributed by atoms with Gasteiger partial charge in [0.2, 0.25) is 11.9 Å². The highest BCUT2D eigenvalue weighted by atomic mass is 19.4. The monoisotopic (exact) mass is 285 g/mol. The number of halogens is 3. The van der Waals surface area contributed by atoms with Crippen LogP contribution in [-0.2, 0) is 0 Å². The summed E-state index contributed by atoms with van der Waals surface area (Å²) in [5.74, 6) is -0.327. The number of hydrogen-bond donors (Lipinski definition) is 2. The Morgan fingerprint density at radius 3 is 2.55 bits per heavy atom. The molecule has 0 aliphatic heterocycles. The molecule has 20 heavy (non-hydrogen) atoms. The van der Waals surface area contributed by atoms with Gasteiger partial charge in [0.1, 0.15) is 5.54 Å². The lowest BCUT2D eigenvalue weighted by molar-refractivity contribution is -0.151. The van der Waals surface area contributed by atoms with Gasteiger partial charge in [-0.05, 0) is 18.9 Å². The van der Waals surface area contributed by atoms with E-state index >= 15 is 0 Å². The van der Waals surface area contributed by atoms with Crippen LogP contribution in [0.25, 0.3) is 5.95 Å². The van der Waals surface area contributed by atoms with Gasteiger partial charge in [-0.1, -0.05) is 0 Å². The van der Waals surface area contributed by atoms with Crippen LogP contribution in [0.5, 0.6) is 0 Å². The fourth-order valence-electron chi connectivity index (χ4n) is 1.74. The van der Waals surface area contributed by atoms with Gasteiger partial charge in [-0.2, -0.15) is 33.2 Å². The maximum Gasteiger partial charge on any atom is 0.411 e. The SMILES string of the molecule is Nc1nc(NC2(C(F)(F)F)CC2)nc(-n2cccn2)n1. The Hall–Kier alpha value is -2.39. The average molecular weight is 285 g/mol. The standard InChI is InChI=1S/C10H10F3N7/c11-10(12,13)9(2-3-9)19-7-16-6(14)17-8(18-7)20-5-1-4-15-20/h1,4-5H,2-3H2,(H3,14,16,17,18,19). The number of nitrogen functional groups attached to an aromatic ring is 1. The molecule has 0 radical (unpaired) electrons. The van der Waals surface area contributed by atoms with Crippen LogP contribution in [-0.4, -0.2) is 36.4 Å². The molecule has 0 aromatic carbocycles. The van der Waals surface area contributed by atoms with Gasteiger partial charge >= 0.3 is 6.18 Å². The Morgan fingerprint density at radius 1 is 1.25 bits per heavy atom. The molecule has 0 saturated heterocycles. The van der Waals surface area contributed by atoms with Crippen molar-refractivity contribution in [2.45, 2.75) is 24.6 Å². The molecule has 2 aromatic heterocycles. The van der Waals surface area contributed by atoms with E-state index in [1.807, 2.05) is 0 Å². The van der Waals surface area contributed by atoms with Crippen molar-refractivity contribution in [2.75, 3.05) is 11.1 Å². The zero-order valence-electron chi connectivity index (χ0n) is 10.1. The van der Waals surface area contributed by atoms with E-state index in [4.69, 9.17) is 5.73 Å². The number of rotatable bonds is 3. The van der Waals surface area contributed by atoms with Crippen LogP contribution in [0.15, 0.2) is 18.5 Å². The molecule has 106 valence electrons. The first-order chi connectivity index (χ1) is 9.40. The molecule has 2 heterocycles. The van der Waals surface area contributed by atoms with Crippen molar-refractivity contribution in [2.24, 2.45) is 0 Å². The molecule has 1 aliphatic rings. The number of nitrogens with one attached hydrogen (secondary N) is 1. The Morgan fingerprint density at radius 2 is 2.00 bits per heavy atom. The summed E-state index contributed by atoms with van der Waals surface area (Å²) in [6, 6.07) is 1.63. The molecule has 7 nitrogen and oxygen atoms in total. The highest BCUT2D eigenvalue weighted by Crippen LogP contribution is 2.50.